The maximum absolute atomic E-state index is 10.6. The fourth-order valence-electron chi connectivity index (χ4n) is 2.01. The van der Waals surface area contributed by atoms with E-state index >= 15 is 0 Å². The molecule has 1 radical (unpaired) electrons. The van der Waals surface area contributed by atoms with Gasteiger partial charge in [0.1, 0.15) is 0 Å². The van der Waals surface area contributed by atoms with Gasteiger partial charge in [-0.2, -0.15) is 0 Å². The number of hydrogen-bond acceptors (Lipinski definition) is 2. The lowest BCUT2D eigenvalue weighted by Gasteiger charge is -2.26. The van der Waals surface area contributed by atoms with Crippen LogP contribution in [0.3, 0.4) is 0 Å². The van der Waals surface area contributed by atoms with Crippen LogP contribution in [0.4, 0.5) is 0 Å². The first kappa shape index (κ1) is 9.41. The van der Waals surface area contributed by atoms with Gasteiger partial charge in [-0.05, 0) is 17.9 Å². The van der Waals surface area contributed by atoms with E-state index in [2.05, 4.69) is 23.7 Å². The van der Waals surface area contributed by atoms with Crippen molar-refractivity contribution in [1.82, 2.24) is 5.32 Å². The molecule has 1 N–H and O–H groups in total. The summed E-state index contributed by atoms with van der Waals surface area (Å²) in [5.74, 6) is 0.533. The van der Waals surface area contributed by atoms with Crippen molar-refractivity contribution in [2.24, 2.45) is 5.92 Å². The first-order valence-corrected chi connectivity index (χ1v) is 5.03. The van der Waals surface area contributed by atoms with Crippen molar-refractivity contribution in [3.8, 4) is 0 Å². The molecule has 1 saturated heterocycles. The Kier molecular flexibility index (Phi) is 2.94. The van der Waals surface area contributed by atoms with Crippen molar-refractivity contribution in [1.29, 1.82) is 0 Å². The highest BCUT2D eigenvalue weighted by Gasteiger charge is 2.22. The molecule has 0 unspecified atom stereocenters. The van der Waals surface area contributed by atoms with E-state index in [4.69, 9.17) is 0 Å². The minimum atomic E-state index is 0.0638. The van der Waals surface area contributed by atoms with Crippen molar-refractivity contribution < 1.29 is 4.79 Å². The zero-order valence-corrected chi connectivity index (χ0v) is 8.07. The topological polar surface area (TPSA) is 29.1 Å². The van der Waals surface area contributed by atoms with Gasteiger partial charge in [0.2, 0.25) is 6.29 Å². The Morgan fingerprint density at radius 1 is 1.21 bits per heavy atom. The summed E-state index contributed by atoms with van der Waals surface area (Å²) in [5.41, 5.74) is 1.32. The molecule has 2 nitrogen and oxygen atoms in total. The normalized spacial score (nSPS) is 27.1. The Labute approximate surface area is 84.3 Å². The highest BCUT2D eigenvalue weighted by atomic mass is 16.1. The third-order valence-corrected chi connectivity index (χ3v) is 2.79. The van der Waals surface area contributed by atoms with Crippen LogP contribution < -0.4 is 5.32 Å². The fraction of sp³-hybridized carbons (Fsp3) is 0.417. The molecule has 2 heteroatoms. The first-order chi connectivity index (χ1) is 6.90. The summed E-state index contributed by atoms with van der Waals surface area (Å²) in [6.07, 6.45) is 3.02. The Bertz CT molecular complexity index is 296. The molecule has 0 aliphatic carbocycles. The molecule has 2 atom stereocenters. The van der Waals surface area contributed by atoms with Gasteiger partial charge in [0.15, 0.2) is 0 Å². The van der Waals surface area contributed by atoms with Gasteiger partial charge in [-0.1, -0.05) is 30.3 Å². The van der Waals surface area contributed by atoms with Crippen LogP contribution in [0, 0.1) is 5.92 Å². The van der Waals surface area contributed by atoms with E-state index in [9.17, 15) is 4.79 Å². The minimum Gasteiger partial charge on any atom is -0.315 e. The lowest BCUT2D eigenvalue weighted by atomic mass is 9.86. The van der Waals surface area contributed by atoms with Crippen molar-refractivity contribution in [3.05, 3.63) is 35.9 Å². The third kappa shape index (κ3) is 2.02. The van der Waals surface area contributed by atoms with Crippen molar-refractivity contribution in [2.75, 3.05) is 13.1 Å². The molecule has 2 rings (SSSR count). The average Bonchev–Trinajstić information content (AvgIpc) is 2.30. The van der Waals surface area contributed by atoms with Gasteiger partial charge in [0.05, 0.1) is 0 Å². The molecule has 0 saturated carbocycles. The van der Waals surface area contributed by atoms with Gasteiger partial charge < -0.3 is 5.32 Å². The molecule has 73 valence electrons. The lowest BCUT2D eigenvalue weighted by Crippen LogP contribution is -2.35. The van der Waals surface area contributed by atoms with Gasteiger partial charge in [0, 0.05) is 19.0 Å². The zero-order valence-electron chi connectivity index (χ0n) is 8.07. The second-order valence-electron chi connectivity index (χ2n) is 3.82. The molecule has 0 spiro atoms. The highest BCUT2D eigenvalue weighted by Crippen LogP contribution is 2.25. The third-order valence-electron chi connectivity index (χ3n) is 2.79. The van der Waals surface area contributed by atoms with E-state index in [1.807, 2.05) is 18.2 Å². The number of piperidine rings is 1. The second kappa shape index (κ2) is 4.38. The second-order valence-corrected chi connectivity index (χ2v) is 3.82. The van der Waals surface area contributed by atoms with Crippen LogP contribution in [0.1, 0.15) is 17.9 Å². The summed E-state index contributed by atoms with van der Waals surface area (Å²) < 4.78 is 0. The van der Waals surface area contributed by atoms with Gasteiger partial charge in [-0.25, -0.2) is 0 Å². The van der Waals surface area contributed by atoms with Crippen molar-refractivity contribution in [2.45, 2.75) is 12.3 Å². The minimum absolute atomic E-state index is 0.0638. The zero-order chi connectivity index (χ0) is 9.80. The lowest BCUT2D eigenvalue weighted by molar-refractivity contribution is 0.392. The summed E-state index contributed by atoms with van der Waals surface area (Å²) in [5, 5.41) is 3.27. The smallest absolute Gasteiger partial charge is 0.203 e. The number of benzene rings is 1. The Morgan fingerprint density at radius 3 is 2.71 bits per heavy atom. The van der Waals surface area contributed by atoms with E-state index in [1.165, 1.54) is 5.56 Å². The SMILES string of the molecule is O=[C][C@H]1CNC[C@H](c2ccccc2)C1. The number of carbonyl (C=O) groups excluding carboxylic acids is 1. The Balaban J connectivity index is 2.08. The summed E-state index contributed by atoms with van der Waals surface area (Å²) in [6, 6.07) is 10.4. The maximum Gasteiger partial charge on any atom is 0.203 e. The van der Waals surface area contributed by atoms with Crippen LogP contribution in [-0.4, -0.2) is 19.4 Å². The Hall–Kier alpha value is -1.15. The van der Waals surface area contributed by atoms with Gasteiger partial charge in [-0.15, -0.1) is 0 Å². The molecule has 1 heterocycles. The van der Waals surface area contributed by atoms with Gasteiger partial charge >= 0.3 is 0 Å². The van der Waals surface area contributed by atoms with Crippen LogP contribution >= 0.6 is 0 Å². The molecule has 1 aliphatic rings. The van der Waals surface area contributed by atoms with E-state index in [1.54, 1.807) is 0 Å². The van der Waals surface area contributed by atoms with E-state index in [0.29, 0.717) is 5.92 Å². The molecule has 0 bridgehead atoms. The molecule has 1 fully saturated rings. The molecule has 1 aliphatic heterocycles. The largest absolute Gasteiger partial charge is 0.315 e. The molecule has 0 aromatic heterocycles. The molecule has 0 amide bonds. The van der Waals surface area contributed by atoms with Crippen LogP contribution in [0.15, 0.2) is 30.3 Å². The fourth-order valence-corrected chi connectivity index (χ4v) is 2.01. The van der Waals surface area contributed by atoms with Crippen LogP contribution in [0.2, 0.25) is 0 Å². The molecular weight excluding hydrogens is 174 g/mol. The Morgan fingerprint density at radius 2 is 2.00 bits per heavy atom. The van der Waals surface area contributed by atoms with E-state index in [0.717, 1.165) is 19.5 Å². The molecular formula is C12H14NO. The number of rotatable bonds is 2. The van der Waals surface area contributed by atoms with Crippen molar-refractivity contribution >= 4 is 6.29 Å². The number of hydrogen-bond donors (Lipinski definition) is 1. The van der Waals surface area contributed by atoms with E-state index < -0.39 is 0 Å². The van der Waals surface area contributed by atoms with Crippen LogP contribution in [0.5, 0.6) is 0 Å². The summed E-state index contributed by atoms with van der Waals surface area (Å²) in [4.78, 5) is 10.6. The summed E-state index contributed by atoms with van der Waals surface area (Å²) in [7, 11) is 0. The summed E-state index contributed by atoms with van der Waals surface area (Å²) in [6.45, 7) is 1.76. The van der Waals surface area contributed by atoms with Gasteiger partial charge in [-0.3, -0.25) is 4.79 Å². The monoisotopic (exact) mass is 188 g/mol. The van der Waals surface area contributed by atoms with Crippen LogP contribution in [0.25, 0.3) is 0 Å². The predicted octanol–water partition coefficient (Wildman–Crippen LogP) is 1.49. The van der Waals surface area contributed by atoms with Crippen LogP contribution in [-0.2, 0) is 4.79 Å². The average molecular weight is 188 g/mol. The van der Waals surface area contributed by atoms with E-state index in [-0.39, 0.29) is 5.92 Å². The standard InChI is InChI=1S/C12H14NO/c14-9-10-6-12(8-13-7-10)11-4-2-1-3-5-11/h1-5,10,12-13H,6-8H2/t10-,12-/m1/s1. The van der Waals surface area contributed by atoms with Crippen molar-refractivity contribution in [3.63, 3.8) is 0 Å². The highest BCUT2D eigenvalue weighted by molar-refractivity contribution is 5.55. The molecule has 1 aromatic rings. The quantitative estimate of drug-likeness (QED) is 0.761. The molecule has 14 heavy (non-hydrogen) atoms. The predicted molar refractivity (Wildman–Crippen MR) is 55.9 cm³/mol. The molecule has 1 aromatic carbocycles. The summed E-state index contributed by atoms with van der Waals surface area (Å²) >= 11 is 0. The maximum atomic E-state index is 10.6. The number of nitrogens with one attached hydrogen (secondary N) is 1. The first-order valence-electron chi connectivity index (χ1n) is 5.03. The van der Waals surface area contributed by atoms with Gasteiger partial charge in [0.25, 0.3) is 0 Å².